The lowest BCUT2D eigenvalue weighted by Gasteiger charge is -2.30. The molecule has 2 heterocycles. The molecule has 0 bridgehead atoms. The predicted molar refractivity (Wildman–Crippen MR) is 85.9 cm³/mol. The summed E-state index contributed by atoms with van der Waals surface area (Å²) < 4.78 is 11.2. The van der Waals surface area contributed by atoms with Crippen LogP contribution in [0.25, 0.3) is 11.5 Å². The van der Waals surface area contributed by atoms with Crippen LogP contribution in [0.2, 0.25) is 5.02 Å². The number of nitrogens with one attached hydrogen (secondary N) is 1. The molecule has 5 nitrogen and oxygen atoms in total. The van der Waals surface area contributed by atoms with Gasteiger partial charge in [0.05, 0.1) is 18.4 Å². The molecule has 2 aromatic rings. The van der Waals surface area contributed by atoms with Gasteiger partial charge >= 0.3 is 0 Å². The molecule has 0 radical (unpaired) electrons. The number of benzene rings is 1. The fraction of sp³-hybridized carbons (Fsp3) is 0.438. The van der Waals surface area contributed by atoms with Crippen molar-refractivity contribution in [1.82, 2.24) is 15.2 Å². The Kier molecular flexibility index (Phi) is 5.10. The Morgan fingerprint density at radius 3 is 3.18 bits per heavy atom. The molecule has 3 rings (SSSR count). The number of likely N-dealkylation sites (N-methyl/N-ethyl adjacent to an activating group) is 1. The van der Waals surface area contributed by atoms with Crippen LogP contribution in [0.3, 0.4) is 0 Å². The molecular weight excluding hydrogens is 302 g/mol. The second kappa shape index (κ2) is 7.24. The first-order chi connectivity index (χ1) is 10.7. The molecule has 0 saturated carbocycles. The minimum Gasteiger partial charge on any atom is -0.444 e. The lowest BCUT2D eigenvalue weighted by Crippen LogP contribution is -2.44. The van der Waals surface area contributed by atoms with Crippen LogP contribution in [-0.2, 0) is 11.3 Å². The van der Waals surface area contributed by atoms with Crippen molar-refractivity contribution in [3.63, 3.8) is 0 Å². The number of aromatic nitrogens is 1. The Labute approximate surface area is 135 Å². The van der Waals surface area contributed by atoms with E-state index in [1.165, 1.54) is 0 Å². The van der Waals surface area contributed by atoms with Crippen LogP contribution >= 0.6 is 11.6 Å². The monoisotopic (exact) mass is 321 g/mol. The number of hydrogen-bond donors (Lipinski definition) is 1. The molecule has 0 unspecified atom stereocenters. The molecular formula is C16H20ClN3O2. The van der Waals surface area contributed by atoms with E-state index in [0.29, 0.717) is 17.5 Å². The molecule has 0 amide bonds. The molecule has 1 N–H and O–H groups in total. The average molecular weight is 322 g/mol. The van der Waals surface area contributed by atoms with Gasteiger partial charge in [0.2, 0.25) is 5.89 Å². The molecule has 1 aromatic heterocycles. The van der Waals surface area contributed by atoms with E-state index in [1.54, 1.807) is 6.26 Å². The third-order valence-electron chi connectivity index (χ3n) is 3.64. The molecule has 1 atom stereocenters. The molecule has 6 heteroatoms. The van der Waals surface area contributed by atoms with Crippen molar-refractivity contribution in [3.8, 4) is 11.5 Å². The SMILES string of the molecule is CN1CCO[C@H](CNCc2coc(-c3cccc(Cl)c3)n2)C1. The first kappa shape index (κ1) is 15.5. The standard InChI is InChI=1S/C16H20ClN3O2/c1-20-5-6-21-15(10-20)9-18-8-14-11-22-16(19-14)12-3-2-4-13(17)7-12/h2-4,7,11,15,18H,5-6,8-10H2,1H3/t15-/m1/s1. The highest BCUT2D eigenvalue weighted by Crippen LogP contribution is 2.21. The second-order valence-electron chi connectivity index (χ2n) is 5.54. The summed E-state index contributed by atoms with van der Waals surface area (Å²) >= 11 is 5.98. The zero-order valence-electron chi connectivity index (χ0n) is 12.6. The fourth-order valence-corrected chi connectivity index (χ4v) is 2.68. The van der Waals surface area contributed by atoms with Crippen LogP contribution in [0.4, 0.5) is 0 Å². The van der Waals surface area contributed by atoms with Gasteiger partial charge in [0.15, 0.2) is 0 Å². The van der Waals surface area contributed by atoms with Gasteiger partial charge in [-0.15, -0.1) is 0 Å². The minimum absolute atomic E-state index is 0.234. The lowest BCUT2D eigenvalue weighted by atomic mass is 10.2. The zero-order chi connectivity index (χ0) is 15.4. The van der Waals surface area contributed by atoms with Crippen LogP contribution in [0.15, 0.2) is 34.9 Å². The van der Waals surface area contributed by atoms with Crippen molar-refractivity contribution in [2.24, 2.45) is 0 Å². The van der Waals surface area contributed by atoms with Crippen molar-refractivity contribution in [2.45, 2.75) is 12.6 Å². The normalized spacial score (nSPS) is 19.5. The summed E-state index contributed by atoms with van der Waals surface area (Å²) in [6, 6.07) is 7.49. The Bertz CT molecular complexity index is 617. The number of rotatable bonds is 5. The number of ether oxygens (including phenoxy) is 1. The highest BCUT2D eigenvalue weighted by Gasteiger charge is 2.17. The van der Waals surface area contributed by atoms with Gasteiger partial charge in [0.25, 0.3) is 0 Å². The number of morpholine rings is 1. The van der Waals surface area contributed by atoms with Gasteiger partial charge in [-0.05, 0) is 25.2 Å². The average Bonchev–Trinajstić information content (AvgIpc) is 2.96. The highest BCUT2D eigenvalue weighted by atomic mass is 35.5. The molecule has 1 aromatic carbocycles. The van der Waals surface area contributed by atoms with Crippen LogP contribution in [0, 0.1) is 0 Å². The molecule has 0 spiro atoms. The van der Waals surface area contributed by atoms with E-state index in [4.69, 9.17) is 20.8 Å². The Morgan fingerprint density at radius 1 is 1.45 bits per heavy atom. The van der Waals surface area contributed by atoms with Gasteiger partial charge < -0.3 is 19.4 Å². The van der Waals surface area contributed by atoms with E-state index in [-0.39, 0.29) is 6.10 Å². The third kappa shape index (κ3) is 4.08. The summed E-state index contributed by atoms with van der Waals surface area (Å²) in [6.45, 7) is 4.23. The van der Waals surface area contributed by atoms with E-state index in [0.717, 1.165) is 37.5 Å². The van der Waals surface area contributed by atoms with E-state index < -0.39 is 0 Å². The van der Waals surface area contributed by atoms with Gasteiger partial charge in [-0.1, -0.05) is 17.7 Å². The fourth-order valence-electron chi connectivity index (χ4n) is 2.49. The maximum absolute atomic E-state index is 5.98. The topological polar surface area (TPSA) is 50.5 Å². The molecule has 1 fully saturated rings. The van der Waals surface area contributed by atoms with Crippen molar-refractivity contribution < 1.29 is 9.15 Å². The first-order valence-electron chi connectivity index (χ1n) is 7.42. The van der Waals surface area contributed by atoms with Gasteiger partial charge in [0.1, 0.15) is 6.26 Å². The summed E-state index contributed by atoms with van der Waals surface area (Å²) in [7, 11) is 2.12. The van der Waals surface area contributed by atoms with Crippen LogP contribution < -0.4 is 5.32 Å². The smallest absolute Gasteiger partial charge is 0.226 e. The molecule has 1 aliphatic heterocycles. The number of hydrogen-bond acceptors (Lipinski definition) is 5. The molecule has 1 aliphatic rings. The summed E-state index contributed by atoms with van der Waals surface area (Å²) in [6.07, 6.45) is 1.91. The summed E-state index contributed by atoms with van der Waals surface area (Å²) in [5.74, 6) is 0.591. The van der Waals surface area contributed by atoms with Crippen molar-refractivity contribution in [2.75, 3.05) is 33.3 Å². The highest BCUT2D eigenvalue weighted by molar-refractivity contribution is 6.30. The van der Waals surface area contributed by atoms with Gasteiger partial charge in [0, 0.05) is 36.8 Å². The third-order valence-corrected chi connectivity index (χ3v) is 3.88. The van der Waals surface area contributed by atoms with Crippen molar-refractivity contribution >= 4 is 11.6 Å². The van der Waals surface area contributed by atoms with Gasteiger partial charge in [-0.2, -0.15) is 0 Å². The molecule has 0 aliphatic carbocycles. The first-order valence-corrected chi connectivity index (χ1v) is 7.80. The maximum atomic E-state index is 5.98. The van der Waals surface area contributed by atoms with Crippen LogP contribution in [0.5, 0.6) is 0 Å². The molecule has 22 heavy (non-hydrogen) atoms. The Hall–Kier alpha value is -1.40. The predicted octanol–water partition coefficient (Wildman–Crippen LogP) is 2.42. The number of nitrogens with zero attached hydrogens (tertiary/aromatic N) is 2. The zero-order valence-corrected chi connectivity index (χ0v) is 13.3. The minimum atomic E-state index is 0.234. The van der Waals surface area contributed by atoms with E-state index in [2.05, 4.69) is 22.2 Å². The Balaban J connectivity index is 1.51. The lowest BCUT2D eigenvalue weighted by molar-refractivity contribution is -0.0182. The van der Waals surface area contributed by atoms with Gasteiger partial charge in [-0.25, -0.2) is 4.98 Å². The summed E-state index contributed by atoms with van der Waals surface area (Å²) in [5, 5.41) is 4.04. The summed E-state index contributed by atoms with van der Waals surface area (Å²) in [5.41, 5.74) is 1.76. The van der Waals surface area contributed by atoms with Crippen LogP contribution in [0.1, 0.15) is 5.69 Å². The number of oxazole rings is 1. The molecule has 118 valence electrons. The van der Waals surface area contributed by atoms with E-state index in [1.807, 2.05) is 24.3 Å². The van der Waals surface area contributed by atoms with Gasteiger partial charge in [-0.3, -0.25) is 0 Å². The molecule has 1 saturated heterocycles. The largest absolute Gasteiger partial charge is 0.444 e. The second-order valence-corrected chi connectivity index (χ2v) is 5.98. The van der Waals surface area contributed by atoms with E-state index in [9.17, 15) is 0 Å². The van der Waals surface area contributed by atoms with E-state index >= 15 is 0 Å². The quantitative estimate of drug-likeness (QED) is 0.916. The maximum Gasteiger partial charge on any atom is 0.226 e. The number of halogens is 1. The van der Waals surface area contributed by atoms with Crippen LogP contribution in [-0.4, -0.2) is 49.3 Å². The van der Waals surface area contributed by atoms with Crippen molar-refractivity contribution in [1.29, 1.82) is 0 Å². The Morgan fingerprint density at radius 2 is 2.36 bits per heavy atom. The van der Waals surface area contributed by atoms with Crippen molar-refractivity contribution in [3.05, 3.63) is 41.2 Å². The summed E-state index contributed by atoms with van der Waals surface area (Å²) in [4.78, 5) is 6.76.